The van der Waals surface area contributed by atoms with Gasteiger partial charge in [0, 0.05) is 29.8 Å². The van der Waals surface area contributed by atoms with Gasteiger partial charge in [0.05, 0.1) is 6.61 Å². The van der Waals surface area contributed by atoms with Gasteiger partial charge in [-0.1, -0.05) is 11.6 Å². The molecule has 0 radical (unpaired) electrons. The van der Waals surface area contributed by atoms with Crippen LogP contribution in [0.5, 0.6) is 0 Å². The van der Waals surface area contributed by atoms with Crippen LogP contribution in [0.1, 0.15) is 34.6 Å². The smallest absolute Gasteiger partial charge is 0.358 e. The summed E-state index contributed by atoms with van der Waals surface area (Å²) in [7, 11) is 0. The molecule has 2 fully saturated rings. The number of halogens is 1. The lowest BCUT2D eigenvalue weighted by atomic mass is 10.1. The fourth-order valence-electron chi connectivity index (χ4n) is 2.47. The summed E-state index contributed by atoms with van der Waals surface area (Å²) in [5, 5.41) is 0. The van der Waals surface area contributed by atoms with E-state index in [1.54, 1.807) is 6.92 Å². The van der Waals surface area contributed by atoms with Gasteiger partial charge in [0.2, 0.25) is 5.91 Å². The quantitative estimate of drug-likeness (QED) is 0.800. The van der Waals surface area contributed by atoms with Crippen molar-refractivity contribution in [2.45, 2.75) is 32.2 Å². The molecule has 1 aromatic rings. The van der Waals surface area contributed by atoms with Crippen LogP contribution < -0.4 is 0 Å². The standard InChI is InChI=1S/C13H15ClN2O3S/c1-7-11(15-13(14)20-7)12(18)19-6-8-4-10(17)16(5-8)9-2-3-9/h8-9H,2-6H2,1H3/t8-/m1/s1. The molecule has 0 unspecified atom stereocenters. The summed E-state index contributed by atoms with van der Waals surface area (Å²) in [6.45, 7) is 2.75. The van der Waals surface area contributed by atoms with E-state index in [-0.39, 0.29) is 24.1 Å². The average Bonchev–Trinajstić information content (AvgIpc) is 3.09. The minimum Gasteiger partial charge on any atom is -0.461 e. The second kappa shape index (κ2) is 5.33. The molecule has 108 valence electrons. The normalized spacial score (nSPS) is 22.4. The summed E-state index contributed by atoms with van der Waals surface area (Å²) in [5.41, 5.74) is 0.281. The van der Waals surface area contributed by atoms with Gasteiger partial charge in [-0.2, -0.15) is 0 Å². The topological polar surface area (TPSA) is 59.5 Å². The first-order valence-corrected chi connectivity index (χ1v) is 7.83. The van der Waals surface area contributed by atoms with Crippen molar-refractivity contribution in [3.05, 3.63) is 15.0 Å². The van der Waals surface area contributed by atoms with Crippen molar-refractivity contribution < 1.29 is 14.3 Å². The minimum absolute atomic E-state index is 0.0986. The second-order valence-electron chi connectivity index (χ2n) is 5.32. The van der Waals surface area contributed by atoms with E-state index >= 15 is 0 Å². The molecule has 1 amide bonds. The van der Waals surface area contributed by atoms with Crippen LogP contribution in [0.3, 0.4) is 0 Å². The Morgan fingerprint density at radius 1 is 1.55 bits per heavy atom. The Morgan fingerprint density at radius 2 is 2.30 bits per heavy atom. The summed E-state index contributed by atoms with van der Waals surface area (Å²) >= 11 is 7.03. The molecule has 7 heteroatoms. The lowest BCUT2D eigenvalue weighted by Gasteiger charge is -2.15. The molecule has 0 N–H and O–H groups in total. The van der Waals surface area contributed by atoms with Crippen molar-refractivity contribution in [1.29, 1.82) is 0 Å². The average molecular weight is 315 g/mol. The number of carbonyl (C=O) groups excluding carboxylic acids is 2. The second-order valence-corrected chi connectivity index (χ2v) is 7.10. The van der Waals surface area contributed by atoms with Gasteiger partial charge in [-0.25, -0.2) is 9.78 Å². The van der Waals surface area contributed by atoms with E-state index in [1.165, 1.54) is 11.3 Å². The largest absolute Gasteiger partial charge is 0.461 e. The van der Waals surface area contributed by atoms with Crippen LogP contribution in [-0.2, 0) is 9.53 Å². The third-order valence-electron chi connectivity index (χ3n) is 3.64. The lowest BCUT2D eigenvalue weighted by molar-refractivity contribution is -0.128. The van der Waals surface area contributed by atoms with E-state index < -0.39 is 5.97 Å². The summed E-state index contributed by atoms with van der Waals surface area (Å²) in [6, 6.07) is 0.433. The number of amides is 1. The molecule has 1 saturated heterocycles. The number of likely N-dealkylation sites (tertiary alicyclic amines) is 1. The third kappa shape index (κ3) is 2.81. The number of hydrogen-bond donors (Lipinski definition) is 0. The predicted molar refractivity (Wildman–Crippen MR) is 75.0 cm³/mol. The first-order valence-electron chi connectivity index (χ1n) is 6.64. The molecule has 0 spiro atoms. The number of esters is 1. The van der Waals surface area contributed by atoms with E-state index in [9.17, 15) is 9.59 Å². The molecule has 0 aromatic carbocycles. The Kier molecular flexibility index (Phi) is 3.69. The molecule has 2 aliphatic rings. The van der Waals surface area contributed by atoms with E-state index in [0.717, 1.165) is 17.7 Å². The van der Waals surface area contributed by atoms with Crippen LogP contribution in [0.4, 0.5) is 0 Å². The summed E-state index contributed by atoms with van der Waals surface area (Å²) in [4.78, 5) is 30.3. The van der Waals surface area contributed by atoms with Crippen LogP contribution in [0.15, 0.2) is 0 Å². The molecule has 1 aliphatic carbocycles. The van der Waals surface area contributed by atoms with E-state index in [2.05, 4.69) is 4.98 Å². The molecule has 5 nitrogen and oxygen atoms in total. The molecule has 2 heterocycles. The summed E-state index contributed by atoms with van der Waals surface area (Å²) in [5.74, 6) is -0.175. The predicted octanol–water partition coefficient (Wildman–Crippen LogP) is 2.27. The Bertz CT molecular complexity index is 556. The number of hydrogen-bond acceptors (Lipinski definition) is 5. The van der Waals surface area contributed by atoms with Crippen LogP contribution in [-0.4, -0.2) is 41.0 Å². The Morgan fingerprint density at radius 3 is 2.90 bits per heavy atom. The van der Waals surface area contributed by atoms with Gasteiger partial charge in [0.25, 0.3) is 0 Å². The van der Waals surface area contributed by atoms with Crippen molar-refractivity contribution in [2.75, 3.05) is 13.2 Å². The molecular formula is C13H15ClN2O3S. The maximum absolute atomic E-state index is 11.9. The summed E-state index contributed by atoms with van der Waals surface area (Å²) < 4.78 is 5.61. The van der Waals surface area contributed by atoms with Gasteiger partial charge < -0.3 is 9.64 Å². The van der Waals surface area contributed by atoms with Crippen molar-refractivity contribution in [3.63, 3.8) is 0 Å². The number of rotatable bonds is 4. The van der Waals surface area contributed by atoms with E-state index in [0.29, 0.717) is 23.5 Å². The van der Waals surface area contributed by atoms with Crippen LogP contribution in [0.2, 0.25) is 4.47 Å². The molecule has 1 aromatic heterocycles. The number of ether oxygens (including phenoxy) is 1. The number of thiazole rings is 1. The number of aromatic nitrogens is 1. The van der Waals surface area contributed by atoms with Gasteiger partial charge in [0.15, 0.2) is 10.2 Å². The van der Waals surface area contributed by atoms with Crippen LogP contribution in [0.25, 0.3) is 0 Å². The van der Waals surface area contributed by atoms with Crippen molar-refractivity contribution in [3.8, 4) is 0 Å². The van der Waals surface area contributed by atoms with Gasteiger partial charge in [0.1, 0.15) is 0 Å². The highest BCUT2D eigenvalue weighted by molar-refractivity contribution is 7.15. The van der Waals surface area contributed by atoms with Crippen molar-refractivity contribution in [2.24, 2.45) is 5.92 Å². The van der Waals surface area contributed by atoms with Gasteiger partial charge in [-0.15, -0.1) is 11.3 Å². The Balaban J connectivity index is 1.53. The fourth-order valence-corrected chi connectivity index (χ4v) is 3.52. The third-order valence-corrected chi connectivity index (χ3v) is 4.72. The maximum Gasteiger partial charge on any atom is 0.358 e. The van der Waals surface area contributed by atoms with Gasteiger partial charge >= 0.3 is 5.97 Å². The molecular weight excluding hydrogens is 300 g/mol. The number of aryl methyl sites for hydroxylation is 1. The first-order chi connectivity index (χ1) is 9.54. The van der Waals surface area contributed by atoms with Crippen LogP contribution >= 0.6 is 22.9 Å². The molecule has 1 atom stereocenters. The van der Waals surface area contributed by atoms with Gasteiger partial charge in [-0.3, -0.25) is 4.79 Å². The summed E-state index contributed by atoms with van der Waals surface area (Å²) in [6.07, 6.45) is 2.68. The lowest BCUT2D eigenvalue weighted by Crippen LogP contribution is -2.28. The molecule has 20 heavy (non-hydrogen) atoms. The highest BCUT2D eigenvalue weighted by Gasteiger charge is 2.39. The van der Waals surface area contributed by atoms with E-state index in [1.807, 2.05) is 4.90 Å². The highest BCUT2D eigenvalue weighted by Crippen LogP contribution is 2.32. The zero-order chi connectivity index (χ0) is 14.3. The maximum atomic E-state index is 11.9. The van der Waals surface area contributed by atoms with Crippen molar-refractivity contribution >= 4 is 34.8 Å². The zero-order valence-corrected chi connectivity index (χ0v) is 12.7. The fraction of sp³-hybridized carbons (Fsp3) is 0.615. The van der Waals surface area contributed by atoms with Crippen LogP contribution in [0, 0.1) is 12.8 Å². The van der Waals surface area contributed by atoms with E-state index in [4.69, 9.17) is 16.3 Å². The minimum atomic E-state index is -0.456. The molecule has 1 saturated carbocycles. The first kappa shape index (κ1) is 13.8. The zero-order valence-electron chi connectivity index (χ0n) is 11.1. The molecule has 3 rings (SSSR count). The Hall–Kier alpha value is -1.14. The number of carbonyl (C=O) groups is 2. The van der Waals surface area contributed by atoms with Crippen molar-refractivity contribution in [1.82, 2.24) is 9.88 Å². The number of nitrogens with zero attached hydrogens (tertiary/aromatic N) is 2. The molecule has 1 aliphatic heterocycles. The molecule has 0 bridgehead atoms. The Labute approximate surface area is 125 Å². The van der Waals surface area contributed by atoms with Gasteiger partial charge in [-0.05, 0) is 19.8 Å². The SMILES string of the molecule is Cc1sc(Cl)nc1C(=O)OC[C@@H]1CC(=O)N(C2CC2)C1. The monoisotopic (exact) mass is 314 g/mol. The highest BCUT2D eigenvalue weighted by atomic mass is 35.5.